The van der Waals surface area contributed by atoms with Crippen LogP contribution in [0, 0.1) is 0 Å². The van der Waals surface area contributed by atoms with E-state index in [9.17, 15) is 13.5 Å². The SMILES string of the molecule is O=S(=O)(NC1CCCC1)c1cccc(O)c1. The highest BCUT2D eigenvalue weighted by Crippen LogP contribution is 2.21. The molecule has 16 heavy (non-hydrogen) atoms. The lowest BCUT2D eigenvalue weighted by atomic mass is 10.3. The largest absolute Gasteiger partial charge is 0.508 e. The van der Waals surface area contributed by atoms with Crippen molar-refractivity contribution in [3.05, 3.63) is 24.3 Å². The highest BCUT2D eigenvalue weighted by atomic mass is 32.2. The Morgan fingerprint density at radius 2 is 1.94 bits per heavy atom. The first-order valence-electron chi connectivity index (χ1n) is 5.39. The third-order valence-electron chi connectivity index (χ3n) is 2.80. The zero-order valence-corrected chi connectivity index (χ0v) is 9.70. The minimum absolute atomic E-state index is 0.0331. The molecule has 0 aromatic heterocycles. The molecule has 0 unspecified atom stereocenters. The second-order valence-electron chi connectivity index (χ2n) is 4.10. The fraction of sp³-hybridized carbons (Fsp3) is 0.455. The maximum Gasteiger partial charge on any atom is 0.240 e. The van der Waals surface area contributed by atoms with Gasteiger partial charge in [-0.2, -0.15) is 0 Å². The average molecular weight is 241 g/mol. The van der Waals surface area contributed by atoms with E-state index in [0.717, 1.165) is 25.7 Å². The summed E-state index contributed by atoms with van der Waals surface area (Å²) < 4.78 is 26.5. The van der Waals surface area contributed by atoms with Crippen molar-refractivity contribution in [1.82, 2.24) is 4.72 Å². The maximum absolute atomic E-state index is 11.9. The molecule has 0 heterocycles. The van der Waals surface area contributed by atoms with Gasteiger partial charge in [0.2, 0.25) is 10.0 Å². The fourth-order valence-electron chi connectivity index (χ4n) is 1.98. The van der Waals surface area contributed by atoms with E-state index >= 15 is 0 Å². The lowest BCUT2D eigenvalue weighted by molar-refractivity contribution is 0.472. The van der Waals surface area contributed by atoms with E-state index in [0.29, 0.717) is 0 Å². The number of aromatic hydroxyl groups is 1. The Morgan fingerprint density at radius 3 is 2.56 bits per heavy atom. The third-order valence-corrected chi connectivity index (χ3v) is 4.32. The van der Waals surface area contributed by atoms with Gasteiger partial charge in [0.1, 0.15) is 5.75 Å². The molecule has 1 aromatic carbocycles. The zero-order valence-electron chi connectivity index (χ0n) is 8.89. The number of phenolic OH excluding ortho intramolecular Hbond substituents is 1. The van der Waals surface area contributed by atoms with E-state index in [1.54, 1.807) is 0 Å². The quantitative estimate of drug-likeness (QED) is 0.845. The molecule has 88 valence electrons. The molecule has 2 rings (SSSR count). The van der Waals surface area contributed by atoms with Gasteiger partial charge in [0, 0.05) is 6.04 Å². The number of hydrogen-bond donors (Lipinski definition) is 2. The second-order valence-corrected chi connectivity index (χ2v) is 5.81. The molecule has 4 nitrogen and oxygen atoms in total. The minimum atomic E-state index is -3.48. The summed E-state index contributed by atoms with van der Waals surface area (Å²) >= 11 is 0. The van der Waals surface area contributed by atoms with Gasteiger partial charge in [0.05, 0.1) is 4.90 Å². The lowest BCUT2D eigenvalue weighted by Crippen LogP contribution is -2.32. The highest BCUT2D eigenvalue weighted by Gasteiger charge is 2.22. The summed E-state index contributed by atoms with van der Waals surface area (Å²) in [7, 11) is -3.48. The van der Waals surface area contributed by atoms with Gasteiger partial charge < -0.3 is 5.11 Å². The van der Waals surface area contributed by atoms with Crippen molar-refractivity contribution < 1.29 is 13.5 Å². The molecule has 0 radical (unpaired) electrons. The van der Waals surface area contributed by atoms with Gasteiger partial charge in [-0.05, 0) is 31.0 Å². The van der Waals surface area contributed by atoms with Crippen molar-refractivity contribution in [1.29, 1.82) is 0 Å². The minimum Gasteiger partial charge on any atom is -0.508 e. The van der Waals surface area contributed by atoms with E-state index in [1.165, 1.54) is 24.3 Å². The van der Waals surface area contributed by atoms with Crippen LogP contribution in [0.2, 0.25) is 0 Å². The first kappa shape index (κ1) is 11.4. The van der Waals surface area contributed by atoms with Gasteiger partial charge in [-0.15, -0.1) is 0 Å². The smallest absolute Gasteiger partial charge is 0.240 e. The predicted molar refractivity (Wildman–Crippen MR) is 60.7 cm³/mol. The molecule has 5 heteroatoms. The van der Waals surface area contributed by atoms with Gasteiger partial charge >= 0.3 is 0 Å². The van der Waals surface area contributed by atoms with Crippen LogP contribution in [0.3, 0.4) is 0 Å². The second kappa shape index (κ2) is 4.43. The van der Waals surface area contributed by atoms with Gasteiger partial charge in [0.15, 0.2) is 0 Å². The Morgan fingerprint density at radius 1 is 1.25 bits per heavy atom. The number of phenols is 1. The van der Waals surface area contributed by atoms with E-state index in [2.05, 4.69) is 4.72 Å². The molecule has 0 spiro atoms. The molecule has 2 N–H and O–H groups in total. The number of nitrogens with one attached hydrogen (secondary N) is 1. The van der Waals surface area contributed by atoms with Crippen molar-refractivity contribution in [2.75, 3.05) is 0 Å². The van der Waals surface area contributed by atoms with E-state index in [-0.39, 0.29) is 16.7 Å². The van der Waals surface area contributed by atoms with Crippen molar-refractivity contribution in [2.45, 2.75) is 36.6 Å². The summed E-state index contributed by atoms with van der Waals surface area (Å²) in [6, 6.07) is 5.77. The van der Waals surface area contributed by atoms with Crippen LogP contribution in [0.4, 0.5) is 0 Å². The van der Waals surface area contributed by atoms with Crippen molar-refractivity contribution in [3.8, 4) is 5.75 Å². The lowest BCUT2D eigenvalue weighted by Gasteiger charge is -2.12. The van der Waals surface area contributed by atoms with Crippen molar-refractivity contribution in [3.63, 3.8) is 0 Å². The normalized spacial score (nSPS) is 17.8. The molecule has 0 bridgehead atoms. The molecule has 1 aliphatic rings. The van der Waals surface area contributed by atoms with Gasteiger partial charge in [-0.25, -0.2) is 13.1 Å². The van der Waals surface area contributed by atoms with E-state index in [1.807, 2.05) is 0 Å². The standard InChI is InChI=1S/C11H15NO3S/c13-10-6-3-7-11(8-10)16(14,15)12-9-4-1-2-5-9/h3,6-9,12-13H,1-2,4-5H2. The number of benzene rings is 1. The summed E-state index contributed by atoms with van der Waals surface area (Å²) in [5.74, 6) is -0.0331. The van der Waals surface area contributed by atoms with Crippen molar-refractivity contribution >= 4 is 10.0 Å². The van der Waals surface area contributed by atoms with Crippen LogP contribution in [-0.4, -0.2) is 19.6 Å². The molecule has 0 atom stereocenters. The van der Waals surface area contributed by atoms with E-state index < -0.39 is 10.0 Å². The summed E-state index contributed by atoms with van der Waals surface area (Å²) in [5, 5.41) is 9.25. The Labute approximate surface area is 95.4 Å². The molecular formula is C11H15NO3S. The van der Waals surface area contributed by atoms with Crippen LogP contribution in [0.5, 0.6) is 5.75 Å². The molecule has 1 aliphatic carbocycles. The monoisotopic (exact) mass is 241 g/mol. The Hall–Kier alpha value is -1.07. The van der Waals surface area contributed by atoms with Crippen LogP contribution in [0.25, 0.3) is 0 Å². The highest BCUT2D eigenvalue weighted by molar-refractivity contribution is 7.89. The predicted octanol–water partition coefficient (Wildman–Crippen LogP) is 1.61. The first-order valence-corrected chi connectivity index (χ1v) is 6.87. The molecule has 0 amide bonds. The molecule has 0 aliphatic heterocycles. The summed E-state index contributed by atoms with van der Waals surface area (Å²) in [4.78, 5) is 0.124. The summed E-state index contributed by atoms with van der Waals surface area (Å²) in [5.41, 5.74) is 0. The van der Waals surface area contributed by atoms with Crippen LogP contribution >= 0.6 is 0 Å². The van der Waals surface area contributed by atoms with Crippen LogP contribution in [-0.2, 0) is 10.0 Å². The summed E-state index contributed by atoms with van der Waals surface area (Å²) in [6.45, 7) is 0. The number of sulfonamides is 1. The maximum atomic E-state index is 11.9. The van der Waals surface area contributed by atoms with Gasteiger partial charge in [-0.1, -0.05) is 18.9 Å². The third kappa shape index (κ3) is 2.54. The molecule has 1 aromatic rings. The van der Waals surface area contributed by atoms with Crippen LogP contribution in [0.1, 0.15) is 25.7 Å². The first-order chi connectivity index (χ1) is 7.58. The van der Waals surface area contributed by atoms with Crippen LogP contribution < -0.4 is 4.72 Å². The fourth-order valence-corrected chi connectivity index (χ4v) is 3.33. The zero-order chi connectivity index (χ0) is 11.6. The number of rotatable bonds is 3. The molecule has 0 saturated heterocycles. The Bertz CT molecular complexity index is 464. The van der Waals surface area contributed by atoms with Crippen molar-refractivity contribution in [2.24, 2.45) is 0 Å². The van der Waals surface area contributed by atoms with Gasteiger partial charge in [-0.3, -0.25) is 0 Å². The Balaban J connectivity index is 2.18. The van der Waals surface area contributed by atoms with Gasteiger partial charge in [0.25, 0.3) is 0 Å². The van der Waals surface area contributed by atoms with Crippen LogP contribution in [0.15, 0.2) is 29.2 Å². The molecular weight excluding hydrogens is 226 g/mol. The topological polar surface area (TPSA) is 66.4 Å². The number of hydrogen-bond acceptors (Lipinski definition) is 3. The summed E-state index contributed by atoms with van der Waals surface area (Å²) in [6.07, 6.45) is 3.95. The Kier molecular flexibility index (Phi) is 3.16. The molecule has 1 saturated carbocycles. The molecule has 1 fully saturated rings. The van der Waals surface area contributed by atoms with E-state index in [4.69, 9.17) is 0 Å². The average Bonchev–Trinajstić information content (AvgIpc) is 2.70.